The van der Waals surface area contributed by atoms with Gasteiger partial charge in [-0.25, -0.2) is 4.98 Å². The fraction of sp³-hybridized carbons (Fsp3) is 0.381. The van der Waals surface area contributed by atoms with Crippen LogP contribution in [0.1, 0.15) is 35.8 Å². The number of nitro benzene ring substituents is 1. The van der Waals surface area contributed by atoms with Crippen LogP contribution in [0.5, 0.6) is 0 Å². The SMILES string of the molecule is CCCCn1c(SCC(=O)Nc2ccc(C)cc2[N+](=O)[O-])nc2sc(C)c(C)c2c1=O. The maximum Gasteiger partial charge on any atom is 0.293 e. The number of aromatic nitrogens is 2. The second-order valence-corrected chi connectivity index (χ2v) is 9.43. The second-order valence-electron chi connectivity index (χ2n) is 7.28. The number of hydrogen-bond acceptors (Lipinski definition) is 7. The number of nitrogens with zero attached hydrogens (tertiary/aromatic N) is 3. The van der Waals surface area contributed by atoms with Crippen molar-refractivity contribution in [3.63, 3.8) is 0 Å². The number of anilines is 1. The molecule has 0 aliphatic heterocycles. The molecule has 8 nitrogen and oxygen atoms in total. The number of aryl methyl sites for hydroxylation is 3. The van der Waals surface area contributed by atoms with Crippen LogP contribution in [0, 0.1) is 30.9 Å². The zero-order chi connectivity index (χ0) is 22.7. The van der Waals surface area contributed by atoms with Crippen molar-refractivity contribution in [3.05, 3.63) is 54.7 Å². The maximum absolute atomic E-state index is 13.1. The first-order valence-corrected chi connectivity index (χ1v) is 11.7. The number of thiophene rings is 1. The largest absolute Gasteiger partial charge is 0.320 e. The van der Waals surface area contributed by atoms with Gasteiger partial charge in [0, 0.05) is 17.5 Å². The Morgan fingerprint density at radius 1 is 1.32 bits per heavy atom. The molecule has 0 bridgehead atoms. The third-order valence-corrected chi connectivity index (χ3v) is 7.02. The molecule has 0 unspecified atom stereocenters. The molecule has 3 aromatic rings. The maximum atomic E-state index is 13.1. The van der Waals surface area contributed by atoms with Gasteiger partial charge >= 0.3 is 0 Å². The lowest BCUT2D eigenvalue weighted by atomic mass is 10.2. The topological polar surface area (TPSA) is 107 Å². The number of rotatable bonds is 8. The Kier molecular flexibility index (Phi) is 7.11. The number of benzene rings is 1. The molecule has 0 radical (unpaired) electrons. The van der Waals surface area contributed by atoms with E-state index in [-0.39, 0.29) is 22.7 Å². The Labute approximate surface area is 187 Å². The molecule has 1 aromatic carbocycles. The monoisotopic (exact) mass is 460 g/mol. The van der Waals surface area contributed by atoms with Gasteiger partial charge in [0.1, 0.15) is 10.5 Å². The normalized spacial score (nSPS) is 11.1. The van der Waals surface area contributed by atoms with Gasteiger partial charge in [-0.05, 0) is 44.4 Å². The van der Waals surface area contributed by atoms with Crippen molar-refractivity contribution < 1.29 is 9.72 Å². The third-order valence-electron chi connectivity index (χ3n) is 4.95. The van der Waals surface area contributed by atoms with Crippen molar-refractivity contribution >= 4 is 50.6 Å². The molecule has 0 aliphatic carbocycles. The molecule has 0 saturated carbocycles. The second kappa shape index (κ2) is 9.61. The van der Waals surface area contributed by atoms with Crippen molar-refractivity contribution in [1.29, 1.82) is 0 Å². The van der Waals surface area contributed by atoms with E-state index in [1.54, 1.807) is 17.6 Å². The van der Waals surface area contributed by atoms with Gasteiger partial charge < -0.3 is 5.32 Å². The van der Waals surface area contributed by atoms with Crippen molar-refractivity contribution in [3.8, 4) is 0 Å². The molecule has 2 aromatic heterocycles. The van der Waals surface area contributed by atoms with Crippen LogP contribution in [0.3, 0.4) is 0 Å². The van der Waals surface area contributed by atoms with E-state index in [0.717, 1.165) is 40.6 Å². The van der Waals surface area contributed by atoms with Crippen LogP contribution in [-0.2, 0) is 11.3 Å². The molecular weight excluding hydrogens is 436 g/mol. The van der Waals surface area contributed by atoms with Crippen molar-refractivity contribution in [2.24, 2.45) is 0 Å². The predicted molar refractivity (Wildman–Crippen MR) is 125 cm³/mol. The van der Waals surface area contributed by atoms with Gasteiger partial charge in [0.25, 0.3) is 11.2 Å². The van der Waals surface area contributed by atoms with E-state index in [0.29, 0.717) is 21.9 Å². The van der Waals surface area contributed by atoms with E-state index in [1.807, 2.05) is 20.8 Å². The lowest BCUT2D eigenvalue weighted by Gasteiger charge is -2.12. The minimum absolute atomic E-state index is 0.0154. The molecule has 31 heavy (non-hydrogen) atoms. The number of carbonyl (C=O) groups is 1. The molecule has 2 heterocycles. The van der Waals surface area contributed by atoms with Gasteiger partial charge in [-0.15, -0.1) is 11.3 Å². The average Bonchev–Trinajstić information content (AvgIpc) is 3.00. The Hall–Kier alpha value is -2.72. The van der Waals surface area contributed by atoms with Crippen LogP contribution in [0.25, 0.3) is 10.2 Å². The summed E-state index contributed by atoms with van der Waals surface area (Å²) in [6, 6.07) is 4.64. The highest BCUT2D eigenvalue weighted by molar-refractivity contribution is 7.99. The van der Waals surface area contributed by atoms with E-state index >= 15 is 0 Å². The summed E-state index contributed by atoms with van der Waals surface area (Å²) in [5, 5.41) is 15.0. The molecule has 3 rings (SSSR count). The highest BCUT2D eigenvalue weighted by atomic mass is 32.2. The zero-order valence-corrected chi connectivity index (χ0v) is 19.5. The van der Waals surface area contributed by atoms with Crippen LogP contribution in [0.4, 0.5) is 11.4 Å². The van der Waals surface area contributed by atoms with Gasteiger partial charge in [-0.3, -0.25) is 24.3 Å². The van der Waals surface area contributed by atoms with Gasteiger partial charge in [-0.1, -0.05) is 31.2 Å². The van der Waals surface area contributed by atoms with E-state index < -0.39 is 10.8 Å². The Balaban J connectivity index is 1.85. The smallest absolute Gasteiger partial charge is 0.293 e. The summed E-state index contributed by atoms with van der Waals surface area (Å²) >= 11 is 2.63. The highest BCUT2D eigenvalue weighted by Gasteiger charge is 2.19. The standard InChI is InChI=1S/C21H24N4O4S2/c1-5-6-9-24-20(27)18-13(3)14(4)31-19(18)23-21(24)30-11-17(26)22-15-8-7-12(2)10-16(15)25(28)29/h7-8,10H,5-6,9,11H2,1-4H3,(H,22,26). The van der Waals surface area contributed by atoms with Gasteiger partial charge in [0.05, 0.1) is 16.1 Å². The number of unbranched alkanes of at least 4 members (excludes halogenated alkanes) is 1. The minimum Gasteiger partial charge on any atom is -0.320 e. The Morgan fingerprint density at radius 2 is 2.06 bits per heavy atom. The van der Waals surface area contributed by atoms with E-state index in [1.165, 1.54) is 23.5 Å². The molecule has 1 N–H and O–H groups in total. The number of hydrogen-bond donors (Lipinski definition) is 1. The molecule has 1 amide bonds. The van der Waals surface area contributed by atoms with Gasteiger partial charge in [0.2, 0.25) is 5.91 Å². The van der Waals surface area contributed by atoms with Crippen LogP contribution >= 0.6 is 23.1 Å². The average molecular weight is 461 g/mol. The first kappa shape index (κ1) is 23.0. The summed E-state index contributed by atoms with van der Waals surface area (Å²) in [7, 11) is 0. The molecule has 0 atom stereocenters. The zero-order valence-electron chi connectivity index (χ0n) is 17.9. The molecular formula is C21H24N4O4S2. The van der Waals surface area contributed by atoms with Gasteiger partial charge in [-0.2, -0.15) is 0 Å². The summed E-state index contributed by atoms with van der Waals surface area (Å²) in [5.74, 6) is -0.412. The quantitative estimate of drug-likeness (QED) is 0.223. The van der Waals surface area contributed by atoms with Crippen molar-refractivity contribution in [2.75, 3.05) is 11.1 Å². The van der Waals surface area contributed by atoms with E-state index in [2.05, 4.69) is 10.3 Å². The third kappa shape index (κ3) is 4.96. The molecule has 0 spiro atoms. The first-order chi connectivity index (χ1) is 14.7. The van der Waals surface area contributed by atoms with Crippen LogP contribution in [0.15, 0.2) is 28.2 Å². The number of nitro groups is 1. The summed E-state index contributed by atoms with van der Waals surface area (Å²) in [6.07, 6.45) is 1.75. The Morgan fingerprint density at radius 3 is 2.74 bits per heavy atom. The Bertz CT molecular complexity index is 1220. The molecule has 164 valence electrons. The summed E-state index contributed by atoms with van der Waals surface area (Å²) in [5.41, 5.74) is 1.60. The van der Waals surface area contributed by atoms with Crippen molar-refractivity contribution in [2.45, 2.75) is 52.2 Å². The van der Waals surface area contributed by atoms with E-state index in [9.17, 15) is 19.7 Å². The fourth-order valence-electron chi connectivity index (χ4n) is 3.15. The number of fused-ring (bicyclic) bond motifs is 1. The molecule has 0 saturated heterocycles. The van der Waals surface area contributed by atoms with E-state index in [4.69, 9.17) is 0 Å². The first-order valence-electron chi connectivity index (χ1n) is 9.91. The number of thioether (sulfide) groups is 1. The molecule has 0 aliphatic rings. The lowest BCUT2D eigenvalue weighted by molar-refractivity contribution is -0.384. The molecule has 10 heteroatoms. The van der Waals surface area contributed by atoms with Crippen LogP contribution in [-0.4, -0.2) is 26.1 Å². The highest BCUT2D eigenvalue weighted by Crippen LogP contribution is 2.29. The summed E-state index contributed by atoms with van der Waals surface area (Å²) < 4.78 is 1.64. The fourth-order valence-corrected chi connectivity index (χ4v) is 5.04. The summed E-state index contributed by atoms with van der Waals surface area (Å²) in [6.45, 7) is 8.22. The number of nitrogens with one attached hydrogen (secondary N) is 1. The number of amides is 1. The van der Waals surface area contributed by atoms with Crippen molar-refractivity contribution in [1.82, 2.24) is 9.55 Å². The minimum atomic E-state index is -0.519. The number of carbonyl (C=O) groups excluding carboxylic acids is 1. The van der Waals surface area contributed by atoms with Crippen LogP contribution < -0.4 is 10.9 Å². The lowest BCUT2D eigenvalue weighted by Crippen LogP contribution is -2.24. The molecule has 0 fully saturated rings. The van der Waals surface area contributed by atoms with Crippen LogP contribution in [0.2, 0.25) is 0 Å². The predicted octanol–water partition coefficient (Wildman–Crippen LogP) is 4.82. The summed E-state index contributed by atoms with van der Waals surface area (Å²) in [4.78, 5) is 42.8. The van der Waals surface area contributed by atoms with Gasteiger partial charge in [0.15, 0.2) is 5.16 Å².